The normalized spacial score (nSPS) is 19.3. The summed E-state index contributed by atoms with van der Waals surface area (Å²) in [6.45, 7) is 3.16. The standard InChI is InChI=1S/C17H26N4O3S2/c1-12(15(23)21-9-5-6-10-21)24-14(22)11-25-17-20-19-16(26-17)18-13-7-3-2-4-8-13/h12-13H,2-11H2,1H3,(H,18,19)/t12-/m0/s1. The molecule has 2 fully saturated rings. The zero-order valence-corrected chi connectivity index (χ0v) is 16.7. The molecule has 1 saturated heterocycles. The number of hydrogen-bond donors (Lipinski definition) is 1. The SMILES string of the molecule is C[C@H](OC(=O)CSc1nnc(NC2CCCCC2)s1)C(=O)N1CCCC1. The number of amides is 1. The van der Waals surface area contributed by atoms with E-state index < -0.39 is 12.1 Å². The van der Waals surface area contributed by atoms with E-state index in [0.29, 0.717) is 6.04 Å². The molecule has 1 amide bonds. The number of likely N-dealkylation sites (tertiary alicyclic amines) is 1. The molecule has 9 heteroatoms. The van der Waals surface area contributed by atoms with Gasteiger partial charge < -0.3 is 15.0 Å². The molecule has 1 N–H and O–H groups in total. The molecule has 1 aromatic heterocycles. The van der Waals surface area contributed by atoms with Gasteiger partial charge in [0.2, 0.25) is 5.13 Å². The Bertz CT molecular complexity index is 613. The van der Waals surface area contributed by atoms with Gasteiger partial charge >= 0.3 is 5.97 Å². The first-order valence-electron chi connectivity index (χ1n) is 9.33. The van der Waals surface area contributed by atoms with Gasteiger partial charge in [-0.2, -0.15) is 0 Å². The summed E-state index contributed by atoms with van der Waals surface area (Å²) in [6, 6.07) is 0.483. The van der Waals surface area contributed by atoms with Crippen molar-refractivity contribution in [1.29, 1.82) is 0 Å². The molecule has 0 bridgehead atoms. The summed E-state index contributed by atoms with van der Waals surface area (Å²) in [5, 5.41) is 12.5. The lowest BCUT2D eigenvalue weighted by Gasteiger charge is -2.21. The fourth-order valence-electron chi connectivity index (χ4n) is 3.34. The van der Waals surface area contributed by atoms with Crippen molar-refractivity contribution >= 4 is 40.1 Å². The fraction of sp³-hybridized carbons (Fsp3) is 0.765. The summed E-state index contributed by atoms with van der Waals surface area (Å²) in [6.07, 6.45) is 7.52. The molecule has 1 aliphatic heterocycles. The Morgan fingerprint density at radius 2 is 1.96 bits per heavy atom. The van der Waals surface area contributed by atoms with Gasteiger partial charge in [-0.1, -0.05) is 42.4 Å². The molecule has 0 radical (unpaired) electrons. The number of nitrogens with one attached hydrogen (secondary N) is 1. The highest BCUT2D eigenvalue weighted by molar-refractivity contribution is 8.01. The average molecular weight is 399 g/mol. The summed E-state index contributed by atoms with van der Waals surface area (Å²) in [4.78, 5) is 25.9. The molecule has 1 aliphatic carbocycles. The van der Waals surface area contributed by atoms with Crippen LogP contribution in [0.5, 0.6) is 0 Å². The van der Waals surface area contributed by atoms with E-state index in [2.05, 4.69) is 15.5 Å². The number of rotatable bonds is 7. The number of esters is 1. The third-order valence-electron chi connectivity index (χ3n) is 4.73. The first-order valence-corrected chi connectivity index (χ1v) is 11.1. The first-order chi connectivity index (χ1) is 12.6. The molecule has 1 saturated carbocycles. The van der Waals surface area contributed by atoms with Crippen LogP contribution in [0, 0.1) is 0 Å². The lowest BCUT2D eigenvalue weighted by atomic mass is 9.96. The Balaban J connectivity index is 1.39. The Hall–Kier alpha value is -1.35. The van der Waals surface area contributed by atoms with Crippen LogP contribution in [0.4, 0.5) is 5.13 Å². The zero-order valence-electron chi connectivity index (χ0n) is 15.1. The molecular formula is C17H26N4O3S2. The number of anilines is 1. The van der Waals surface area contributed by atoms with E-state index in [-0.39, 0.29) is 11.7 Å². The summed E-state index contributed by atoms with van der Waals surface area (Å²) in [5.74, 6) is -0.363. The van der Waals surface area contributed by atoms with Crippen LogP contribution in [0.2, 0.25) is 0 Å². The van der Waals surface area contributed by atoms with Gasteiger partial charge in [-0.3, -0.25) is 9.59 Å². The van der Waals surface area contributed by atoms with E-state index in [0.717, 1.165) is 35.4 Å². The zero-order chi connectivity index (χ0) is 18.4. The van der Waals surface area contributed by atoms with Crippen molar-refractivity contribution in [2.24, 2.45) is 0 Å². The van der Waals surface area contributed by atoms with Crippen molar-refractivity contribution in [3.05, 3.63) is 0 Å². The lowest BCUT2D eigenvalue weighted by molar-refractivity contribution is -0.156. The van der Waals surface area contributed by atoms with E-state index in [1.807, 2.05) is 0 Å². The fourth-order valence-corrected chi connectivity index (χ4v) is 4.96. The Morgan fingerprint density at radius 1 is 1.23 bits per heavy atom. The van der Waals surface area contributed by atoms with Crippen LogP contribution in [-0.2, 0) is 14.3 Å². The van der Waals surface area contributed by atoms with E-state index >= 15 is 0 Å². The second-order valence-electron chi connectivity index (χ2n) is 6.81. The van der Waals surface area contributed by atoms with Gasteiger partial charge in [0.15, 0.2) is 10.4 Å². The average Bonchev–Trinajstić information content (AvgIpc) is 3.32. The van der Waals surface area contributed by atoms with Gasteiger partial charge in [-0.25, -0.2) is 0 Å². The van der Waals surface area contributed by atoms with E-state index in [9.17, 15) is 9.59 Å². The molecule has 144 valence electrons. The minimum absolute atomic E-state index is 0.101. The lowest BCUT2D eigenvalue weighted by Crippen LogP contribution is -2.38. The Kier molecular flexibility index (Phi) is 7.13. The van der Waals surface area contributed by atoms with Crippen molar-refractivity contribution in [3.8, 4) is 0 Å². The molecule has 7 nitrogen and oxygen atoms in total. The maximum Gasteiger partial charge on any atom is 0.317 e. The third-order valence-corrected chi connectivity index (χ3v) is 6.69. The van der Waals surface area contributed by atoms with E-state index in [1.165, 1.54) is 55.2 Å². The molecule has 1 atom stereocenters. The molecule has 2 aliphatic rings. The van der Waals surface area contributed by atoms with Gasteiger partial charge in [0, 0.05) is 19.1 Å². The van der Waals surface area contributed by atoms with Crippen molar-refractivity contribution in [2.75, 3.05) is 24.2 Å². The van der Waals surface area contributed by atoms with Crippen LogP contribution in [0.15, 0.2) is 4.34 Å². The van der Waals surface area contributed by atoms with E-state index in [4.69, 9.17) is 4.74 Å². The highest BCUT2D eigenvalue weighted by Crippen LogP contribution is 2.28. The largest absolute Gasteiger partial charge is 0.452 e. The maximum atomic E-state index is 12.2. The molecule has 0 aromatic carbocycles. The number of carbonyl (C=O) groups excluding carboxylic acids is 2. The second-order valence-corrected chi connectivity index (χ2v) is 9.01. The van der Waals surface area contributed by atoms with Crippen molar-refractivity contribution in [2.45, 2.75) is 68.4 Å². The van der Waals surface area contributed by atoms with Crippen LogP contribution in [-0.4, -0.2) is 58.0 Å². The third kappa shape index (κ3) is 5.57. The van der Waals surface area contributed by atoms with Crippen molar-refractivity contribution in [1.82, 2.24) is 15.1 Å². The Morgan fingerprint density at radius 3 is 2.69 bits per heavy atom. The van der Waals surface area contributed by atoms with Crippen LogP contribution < -0.4 is 5.32 Å². The quantitative estimate of drug-likeness (QED) is 0.558. The number of nitrogens with zero attached hydrogens (tertiary/aromatic N) is 3. The number of thioether (sulfide) groups is 1. The predicted octanol–water partition coefficient (Wildman–Crippen LogP) is 2.93. The minimum Gasteiger partial charge on any atom is -0.452 e. The summed E-state index contributed by atoms with van der Waals surface area (Å²) in [5.41, 5.74) is 0. The van der Waals surface area contributed by atoms with Crippen LogP contribution in [0.3, 0.4) is 0 Å². The van der Waals surface area contributed by atoms with Crippen LogP contribution >= 0.6 is 23.1 Å². The second kappa shape index (κ2) is 9.55. The number of carbonyl (C=O) groups is 2. The number of hydrogen-bond acceptors (Lipinski definition) is 8. The summed E-state index contributed by atoms with van der Waals surface area (Å²) >= 11 is 2.76. The molecule has 1 aromatic rings. The van der Waals surface area contributed by atoms with Gasteiger partial charge in [0.05, 0.1) is 5.75 Å². The highest BCUT2D eigenvalue weighted by atomic mass is 32.2. The molecule has 0 spiro atoms. The van der Waals surface area contributed by atoms with Crippen molar-refractivity contribution < 1.29 is 14.3 Å². The smallest absolute Gasteiger partial charge is 0.317 e. The summed E-state index contributed by atoms with van der Waals surface area (Å²) in [7, 11) is 0. The first kappa shape index (κ1) is 19.4. The molecule has 26 heavy (non-hydrogen) atoms. The summed E-state index contributed by atoms with van der Waals surface area (Å²) < 4.78 is 6.00. The van der Waals surface area contributed by atoms with Gasteiger partial charge in [0.1, 0.15) is 0 Å². The monoisotopic (exact) mass is 398 g/mol. The number of aromatic nitrogens is 2. The highest BCUT2D eigenvalue weighted by Gasteiger charge is 2.26. The van der Waals surface area contributed by atoms with Gasteiger partial charge in [-0.15, -0.1) is 10.2 Å². The van der Waals surface area contributed by atoms with Gasteiger partial charge in [0.25, 0.3) is 5.91 Å². The molecular weight excluding hydrogens is 372 g/mol. The van der Waals surface area contributed by atoms with Crippen LogP contribution in [0.25, 0.3) is 0 Å². The number of ether oxygens (including phenoxy) is 1. The predicted molar refractivity (Wildman–Crippen MR) is 102 cm³/mol. The molecule has 2 heterocycles. The molecule has 3 rings (SSSR count). The maximum absolute atomic E-state index is 12.2. The van der Waals surface area contributed by atoms with Gasteiger partial charge in [-0.05, 0) is 32.6 Å². The van der Waals surface area contributed by atoms with Crippen LogP contribution in [0.1, 0.15) is 51.9 Å². The Labute approximate surface area is 162 Å². The van der Waals surface area contributed by atoms with Crippen molar-refractivity contribution in [3.63, 3.8) is 0 Å². The topological polar surface area (TPSA) is 84.4 Å². The molecule has 0 unspecified atom stereocenters. The van der Waals surface area contributed by atoms with E-state index in [1.54, 1.807) is 11.8 Å². The minimum atomic E-state index is -0.723.